The fourth-order valence-corrected chi connectivity index (χ4v) is 2.12. The number of ether oxygens (including phenoxy) is 3. The molecule has 0 saturated carbocycles. The summed E-state index contributed by atoms with van der Waals surface area (Å²) < 4.78 is 16.4. The van der Waals surface area contributed by atoms with Crippen molar-refractivity contribution in [2.45, 2.75) is 12.1 Å². The Morgan fingerprint density at radius 3 is 2.38 bits per heavy atom. The van der Waals surface area contributed by atoms with E-state index in [1.54, 1.807) is 0 Å². The van der Waals surface area contributed by atoms with E-state index in [0.717, 1.165) is 39.4 Å². The van der Waals surface area contributed by atoms with Crippen molar-refractivity contribution in [2.24, 2.45) is 5.41 Å². The van der Waals surface area contributed by atoms with Crippen LogP contribution in [0.1, 0.15) is 6.42 Å². The second-order valence-corrected chi connectivity index (χ2v) is 4.43. The van der Waals surface area contributed by atoms with E-state index in [1.165, 1.54) is 0 Å². The molecule has 0 aromatic rings. The van der Waals surface area contributed by atoms with Crippen molar-refractivity contribution in [1.29, 1.82) is 0 Å². The first-order valence-electron chi connectivity index (χ1n) is 4.87. The van der Waals surface area contributed by atoms with E-state index in [-0.39, 0.29) is 11.1 Å². The van der Waals surface area contributed by atoms with Gasteiger partial charge >= 0.3 is 0 Å². The summed E-state index contributed by atoms with van der Waals surface area (Å²) in [7, 11) is 0. The molecule has 3 fully saturated rings. The monoisotopic (exact) mass is 185 g/mol. The van der Waals surface area contributed by atoms with Gasteiger partial charge in [-0.3, -0.25) is 5.32 Å². The molecule has 3 aliphatic heterocycles. The van der Waals surface area contributed by atoms with Crippen LogP contribution in [-0.4, -0.2) is 45.3 Å². The summed E-state index contributed by atoms with van der Waals surface area (Å²) in [5.41, 5.74) is 0.106. The van der Waals surface area contributed by atoms with Crippen LogP contribution in [0, 0.1) is 5.41 Å². The minimum absolute atomic E-state index is 0.166. The van der Waals surface area contributed by atoms with Crippen LogP contribution in [-0.2, 0) is 14.2 Å². The number of nitrogens with one attached hydrogen (secondary N) is 1. The zero-order valence-electron chi connectivity index (χ0n) is 7.67. The van der Waals surface area contributed by atoms with Crippen LogP contribution in [0.15, 0.2) is 0 Å². The molecule has 2 spiro atoms. The summed E-state index contributed by atoms with van der Waals surface area (Å²) in [6.07, 6.45) is 0.976. The lowest BCUT2D eigenvalue weighted by molar-refractivity contribution is -0.220. The van der Waals surface area contributed by atoms with E-state index >= 15 is 0 Å². The third-order valence-corrected chi connectivity index (χ3v) is 3.24. The maximum atomic E-state index is 5.87. The molecule has 3 rings (SSSR count). The van der Waals surface area contributed by atoms with E-state index in [9.17, 15) is 0 Å². The van der Waals surface area contributed by atoms with Crippen LogP contribution in [0.2, 0.25) is 0 Å². The average Bonchev–Trinajstić information content (AvgIpc) is 2.53. The molecule has 13 heavy (non-hydrogen) atoms. The first-order valence-corrected chi connectivity index (χ1v) is 4.87. The van der Waals surface area contributed by atoms with Crippen molar-refractivity contribution in [3.63, 3.8) is 0 Å². The summed E-state index contributed by atoms with van der Waals surface area (Å²) in [6, 6.07) is 0. The van der Waals surface area contributed by atoms with Gasteiger partial charge in [0, 0.05) is 13.0 Å². The lowest BCUT2D eigenvalue weighted by atomic mass is 9.85. The minimum atomic E-state index is -0.166. The molecule has 1 atom stereocenters. The number of rotatable bonds is 0. The van der Waals surface area contributed by atoms with Crippen LogP contribution < -0.4 is 5.32 Å². The van der Waals surface area contributed by atoms with Crippen molar-refractivity contribution in [3.8, 4) is 0 Å². The molecule has 0 aromatic heterocycles. The van der Waals surface area contributed by atoms with Gasteiger partial charge in [0.05, 0.1) is 38.4 Å². The fourth-order valence-electron chi connectivity index (χ4n) is 2.12. The highest BCUT2D eigenvalue weighted by molar-refractivity contribution is 4.96. The Labute approximate surface area is 77.5 Å². The lowest BCUT2D eigenvalue weighted by Crippen LogP contribution is -2.65. The van der Waals surface area contributed by atoms with Crippen LogP contribution in [0.5, 0.6) is 0 Å². The molecule has 74 valence electrons. The Balaban J connectivity index is 1.66. The first-order chi connectivity index (χ1) is 6.33. The lowest BCUT2D eigenvalue weighted by Gasteiger charge is -2.49. The summed E-state index contributed by atoms with van der Waals surface area (Å²) in [5.74, 6) is 0. The van der Waals surface area contributed by atoms with Gasteiger partial charge in [-0.15, -0.1) is 0 Å². The standard InChI is InChI=1S/C9H15NO3/c1-2-11-7-9(1)10-3-8(6-13-9)4-12-5-8/h10H,1-7H2. The zero-order valence-corrected chi connectivity index (χ0v) is 7.67. The van der Waals surface area contributed by atoms with Gasteiger partial charge in [-0.2, -0.15) is 0 Å². The molecular weight excluding hydrogens is 170 g/mol. The average molecular weight is 185 g/mol. The molecule has 0 bridgehead atoms. The molecule has 1 unspecified atom stereocenters. The summed E-state index contributed by atoms with van der Waals surface area (Å²) in [4.78, 5) is 0. The molecule has 0 amide bonds. The van der Waals surface area contributed by atoms with E-state index in [1.807, 2.05) is 0 Å². The second-order valence-electron chi connectivity index (χ2n) is 4.43. The van der Waals surface area contributed by atoms with E-state index in [4.69, 9.17) is 14.2 Å². The minimum Gasteiger partial charge on any atom is -0.380 e. The molecule has 0 radical (unpaired) electrons. The van der Waals surface area contributed by atoms with E-state index in [2.05, 4.69) is 5.32 Å². The highest BCUT2D eigenvalue weighted by Crippen LogP contribution is 2.35. The van der Waals surface area contributed by atoms with Crippen LogP contribution in [0.3, 0.4) is 0 Å². The van der Waals surface area contributed by atoms with Gasteiger partial charge in [-0.25, -0.2) is 0 Å². The van der Waals surface area contributed by atoms with E-state index in [0.29, 0.717) is 6.61 Å². The maximum Gasteiger partial charge on any atom is 0.145 e. The summed E-state index contributed by atoms with van der Waals surface area (Å²) >= 11 is 0. The van der Waals surface area contributed by atoms with Crippen LogP contribution in [0.4, 0.5) is 0 Å². The molecule has 0 aliphatic carbocycles. The SMILES string of the molecule is C1CC2(CO1)NCC1(COC1)CO2. The Hall–Kier alpha value is -0.160. The first kappa shape index (κ1) is 8.17. The smallest absolute Gasteiger partial charge is 0.145 e. The topological polar surface area (TPSA) is 39.7 Å². The van der Waals surface area contributed by atoms with Crippen molar-refractivity contribution >= 4 is 0 Å². The molecule has 4 heteroatoms. The van der Waals surface area contributed by atoms with Gasteiger partial charge in [0.2, 0.25) is 0 Å². The molecule has 3 saturated heterocycles. The highest BCUT2D eigenvalue weighted by Gasteiger charge is 2.49. The molecule has 3 aliphatic rings. The molecule has 0 aromatic carbocycles. The maximum absolute atomic E-state index is 5.87. The van der Waals surface area contributed by atoms with Gasteiger partial charge in [0.15, 0.2) is 0 Å². The van der Waals surface area contributed by atoms with E-state index < -0.39 is 0 Å². The number of hydrogen-bond acceptors (Lipinski definition) is 4. The van der Waals surface area contributed by atoms with Gasteiger partial charge in [-0.05, 0) is 0 Å². The summed E-state index contributed by atoms with van der Waals surface area (Å²) in [6.45, 7) is 5.04. The van der Waals surface area contributed by atoms with Gasteiger partial charge in [-0.1, -0.05) is 0 Å². The van der Waals surface area contributed by atoms with Crippen molar-refractivity contribution in [1.82, 2.24) is 5.32 Å². The Morgan fingerprint density at radius 1 is 1.00 bits per heavy atom. The fraction of sp³-hybridized carbons (Fsp3) is 1.00. The highest BCUT2D eigenvalue weighted by atomic mass is 16.6. The summed E-state index contributed by atoms with van der Waals surface area (Å²) in [5, 5.41) is 3.46. The largest absolute Gasteiger partial charge is 0.380 e. The normalized spacial score (nSPS) is 42.5. The number of hydrogen-bond donors (Lipinski definition) is 1. The van der Waals surface area contributed by atoms with Crippen molar-refractivity contribution in [2.75, 3.05) is 39.6 Å². The predicted molar refractivity (Wildman–Crippen MR) is 45.4 cm³/mol. The van der Waals surface area contributed by atoms with Crippen molar-refractivity contribution < 1.29 is 14.2 Å². The Bertz CT molecular complexity index is 197. The van der Waals surface area contributed by atoms with Gasteiger partial charge < -0.3 is 14.2 Å². The van der Waals surface area contributed by atoms with Crippen LogP contribution in [0.25, 0.3) is 0 Å². The predicted octanol–water partition coefficient (Wildman–Crippen LogP) is -0.261. The second kappa shape index (κ2) is 2.67. The third kappa shape index (κ3) is 1.21. The third-order valence-electron chi connectivity index (χ3n) is 3.24. The molecular formula is C9H15NO3. The Morgan fingerprint density at radius 2 is 1.92 bits per heavy atom. The zero-order chi connectivity index (χ0) is 8.78. The van der Waals surface area contributed by atoms with Crippen LogP contribution >= 0.6 is 0 Å². The molecule has 4 nitrogen and oxygen atoms in total. The van der Waals surface area contributed by atoms with Crippen molar-refractivity contribution in [3.05, 3.63) is 0 Å². The Kier molecular flexibility index (Phi) is 1.68. The quantitative estimate of drug-likeness (QED) is 0.564. The molecule has 3 heterocycles. The van der Waals surface area contributed by atoms with Gasteiger partial charge in [0.25, 0.3) is 0 Å². The molecule has 1 N–H and O–H groups in total. The van der Waals surface area contributed by atoms with Gasteiger partial charge in [0.1, 0.15) is 5.72 Å².